The number of hydrogen-bond donors (Lipinski definition) is 2. The maximum Gasteiger partial charge on any atom is 0.262 e. The van der Waals surface area contributed by atoms with Crippen molar-refractivity contribution >= 4 is 34.0 Å². The van der Waals surface area contributed by atoms with Crippen LogP contribution < -0.4 is 15.4 Å². The normalized spacial score (nSPS) is 11.1. The van der Waals surface area contributed by atoms with Crippen LogP contribution in [0.15, 0.2) is 84.9 Å². The summed E-state index contributed by atoms with van der Waals surface area (Å²) in [4.78, 5) is 25.5. The van der Waals surface area contributed by atoms with Crippen LogP contribution in [0.4, 0.5) is 11.4 Å². The van der Waals surface area contributed by atoms with Crippen LogP contribution in [0, 0.1) is 0 Å². The van der Waals surface area contributed by atoms with Crippen LogP contribution in [0.25, 0.3) is 10.8 Å². The van der Waals surface area contributed by atoms with E-state index in [2.05, 4.69) is 50.5 Å². The van der Waals surface area contributed by atoms with Crippen molar-refractivity contribution in [3.05, 3.63) is 102 Å². The van der Waals surface area contributed by atoms with Gasteiger partial charge in [0.15, 0.2) is 6.61 Å². The first kappa shape index (κ1) is 25.0. The molecule has 5 nitrogen and oxygen atoms in total. The minimum absolute atomic E-state index is 0.131. The third-order valence-corrected chi connectivity index (χ3v) is 6.16. The molecule has 184 valence electrons. The van der Waals surface area contributed by atoms with Gasteiger partial charge in [-0.2, -0.15) is 0 Å². The van der Waals surface area contributed by atoms with E-state index in [1.807, 2.05) is 48.5 Å². The summed E-state index contributed by atoms with van der Waals surface area (Å²) in [6.45, 7) is 8.36. The van der Waals surface area contributed by atoms with Crippen molar-refractivity contribution < 1.29 is 14.3 Å². The summed E-state index contributed by atoms with van der Waals surface area (Å²) in [7, 11) is 0. The molecule has 0 bridgehead atoms. The first-order valence-electron chi connectivity index (χ1n) is 12.3. The first-order chi connectivity index (χ1) is 17.3. The van der Waals surface area contributed by atoms with Gasteiger partial charge in [-0.25, -0.2) is 0 Å². The fraction of sp³-hybridized carbons (Fsp3) is 0.226. The van der Waals surface area contributed by atoms with Crippen LogP contribution in [0.2, 0.25) is 0 Å². The highest BCUT2D eigenvalue weighted by atomic mass is 16.5. The molecule has 0 heterocycles. The van der Waals surface area contributed by atoms with Crippen molar-refractivity contribution in [2.45, 2.75) is 39.5 Å². The molecular weight excluding hydrogens is 448 g/mol. The lowest BCUT2D eigenvalue weighted by Gasteiger charge is -2.20. The van der Waals surface area contributed by atoms with Crippen molar-refractivity contribution in [1.82, 2.24) is 0 Å². The number of ether oxygens (including phenoxy) is 1. The molecule has 4 aromatic rings. The number of carbonyl (C=O) groups excluding carboxylic acids is 2. The van der Waals surface area contributed by atoms with Gasteiger partial charge in [0.1, 0.15) is 5.75 Å². The van der Waals surface area contributed by atoms with Crippen LogP contribution in [0.5, 0.6) is 5.75 Å². The molecule has 0 unspecified atom stereocenters. The predicted molar refractivity (Wildman–Crippen MR) is 147 cm³/mol. The lowest BCUT2D eigenvalue weighted by molar-refractivity contribution is -0.118. The van der Waals surface area contributed by atoms with Crippen LogP contribution in [0.3, 0.4) is 0 Å². The standard InChI is InChI=1S/C31H32N2O3/c1-20(2)25-12-8-13-26(21(3)4)30(25)33-31(35)23-15-17-24(18-16-23)36-19-29(34)32-28-14-7-10-22-9-5-6-11-27(22)28/h5-18,20-21H,19H2,1-4H3,(H,32,34)(H,33,35). The Morgan fingerprint density at radius 2 is 1.33 bits per heavy atom. The molecule has 0 aliphatic rings. The number of para-hydroxylation sites is 1. The number of benzene rings is 4. The third kappa shape index (κ3) is 5.74. The van der Waals surface area contributed by atoms with Gasteiger partial charge in [-0.3, -0.25) is 9.59 Å². The van der Waals surface area contributed by atoms with Crippen LogP contribution >= 0.6 is 0 Å². The Morgan fingerprint density at radius 3 is 2.00 bits per heavy atom. The van der Waals surface area contributed by atoms with E-state index in [1.165, 1.54) is 0 Å². The number of fused-ring (bicyclic) bond motifs is 1. The Kier molecular flexibility index (Phi) is 7.69. The van der Waals surface area contributed by atoms with Crippen molar-refractivity contribution in [2.24, 2.45) is 0 Å². The SMILES string of the molecule is CC(C)c1cccc(C(C)C)c1NC(=O)c1ccc(OCC(=O)Nc2cccc3ccccc23)cc1. The molecule has 0 aliphatic heterocycles. The molecule has 5 heteroatoms. The average Bonchev–Trinajstić information content (AvgIpc) is 2.88. The van der Waals surface area contributed by atoms with E-state index in [1.54, 1.807) is 24.3 Å². The van der Waals surface area contributed by atoms with E-state index in [0.29, 0.717) is 11.3 Å². The molecule has 0 spiro atoms. The molecule has 0 fully saturated rings. The van der Waals surface area contributed by atoms with Crippen molar-refractivity contribution in [2.75, 3.05) is 17.2 Å². The van der Waals surface area contributed by atoms with E-state index in [-0.39, 0.29) is 30.3 Å². The van der Waals surface area contributed by atoms with Gasteiger partial charge in [-0.1, -0.05) is 82.3 Å². The molecule has 2 amide bonds. The fourth-order valence-electron chi connectivity index (χ4n) is 4.25. The highest BCUT2D eigenvalue weighted by molar-refractivity contribution is 6.05. The number of anilines is 2. The summed E-state index contributed by atoms with van der Waals surface area (Å²) in [5.74, 6) is 0.666. The summed E-state index contributed by atoms with van der Waals surface area (Å²) in [5.41, 5.74) is 4.39. The minimum atomic E-state index is -0.250. The Morgan fingerprint density at radius 1 is 0.722 bits per heavy atom. The van der Waals surface area contributed by atoms with Crippen LogP contribution in [-0.4, -0.2) is 18.4 Å². The summed E-state index contributed by atoms with van der Waals surface area (Å²) >= 11 is 0. The summed E-state index contributed by atoms with van der Waals surface area (Å²) in [6.07, 6.45) is 0. The Bertz CT molecular complexity index is 1340. The lowest BCUT2D eigenvalue weighted by Crippen LogP contribution is -2.20. The van der Waals surface area contributed by atoms with E-state index in [4.69, 9.17) is 4.74 Å². The molecule has 4 aromatic carbocycles. The monoisotopic (exact) mass is 480 g/mol. The highest BCUT2D eigenvalue weighted by Crippen LogP contribution is 2.33. The smallest absolute Gasteiger partial charge is 0.262 e. The van der Waals surface area contributed by atoms with Crippen LogP contribution in [-0.2, 0) is 4.79 Å². The second-order valence-corrected chi connectivity index (χ2v) is 9.46. The molecule has 0 saturated heterocycles. The maximum atomic E-state index is 13.0. The van der Waals surface area contributed by atoms with Gasteiger partial charge in [0, 0.05) is 22.3 Å². The molecular formula is C31H32N2O3. The molecule has 2 N–H and O–H groups in total. The van der Waals surface area contributed by atoms with E-state index in [9.17, 15) is 9.59 Å². The van der Waals surface area contributed by atoms with E-state index < -0.39 is 0 Å². The number of carbonyl (C=O) groups is 2. The molecule has 0 atom stereocenters. The zero-order valence-electron chi connectivity index (χ0n) is 21.2. The van der Waals surface area contributed by atoms with Gasteiger partial charge in [0.25, 0.3) is 11.8 Å². The highest BCUT2D eigenvalue weighted by Gasteiger charge is 2.17. The van der Waals surface area contributed by atoms with Crippen molar-refractivity contribution in [3.8, 4) is 5.75 Å². The number of amides is 2. The second-order valence-electron chi connectivity index (χ2n) is 9.46. The van der Waals surface area contributed by atoms with Gasteiger partial charge in [-0.15, -0.1) is 0 Å². The first-order valence-corrected chi connectivity index (χ1v) is 12.3. The molecule has 0 aromatic heterocycles. The van der Waals surface area contributed by atoms with E-state index >= 15 is 0 Å². The Labute approximate surface area is 212 Å². The minimum Gasteiger partial charge on any atom is -0.484 e. The Balaban J connectivity index is 1.39. The largest absolute Gasteiger partial charge is 0.484 e. The summed E-state index contributed by atoms with van der Waals surface area (Å²) in [6, 6.07) is 26.7. The van der Waals surface area contributed by atoms with Crippen LogP contribution in [0.1, 0.15) is 61.0 Å². The zero-order valence-corrected chi connectivity index (χ0v) is 21.2. The number of rotatable bonds is 8. The zero-order chi connectivity index (χ0) is 25.7. The van der Waals surface area contributed by atoms with Gasteiger partial charge in [0.2, 0.25) is 0 Å². The van der Waals surface area contributed by atoms with E-state index in [0.717, 1.165) is 33.3 Å². The summed E-state index contributed by atoms with van der Waals surface area (Å²) < 4.78 is 5.66. The molecule has 0 radical (unpaired) electrons. The second kappa shape index (κ2) is 11.1. The number of nitrogens with one attached hydrogen (secondary N) is 2. The molecule has 4 rings (SSSR count). The topological polar surface area (TPSA) is 67.4 Å². The quantitative estimate of drug-likeness (QED) is 0.277. The summed E-state index contributed by atoms with van der Waals surface area (Å²) in [5, 5.41) is 8.07. The lowest BCUT2D eigenvalue weighted by atomic mass is 9.92. The van der Waals surface area contributed by atoms with Gasteiger partial charge in [0.05, 0.1) is 0 Å². The van der Waals surface area contributed by atoms with Crippen molar-refractivity contribution in [1.29, 1.82) is 0 Å². The molecule has 0 saturated carbocycles. The van der Waals surface area contributed by atoms with Crippen molar-refractivity contribution in [3.63, 3.8) is 0 Å². The predicted octanol–water partition coefficient (Wildman–Crippen LogP) is 7.36. The Hall–Kier alpha value is -4.12. The van der Waals surface area contributed by atoms with Gasteiger partial charge in [-0.05, 0) is 58.7 Å². The number of hydrogen-bond acceptors (Lipinski definition) is 3. The third-order valence-electron chi connectivity index (χ3n) is 6.16. The average molecular weight is 481 g/mol. The van der Waals surface area contributed by atoms with Gasteiger partial charge < -0.3 is 15.4 Å². The fourth-order valence-corrected chi connectivity index (χ4v) is 4.25. The maximum absolute atomic E-state index is 13.0. The molecule has 36 heavy (non-hydrogen) atoms. The molecule has 0 aliphatic carbocycles. The van der Waals surface area contributed by atoms with Gasteiger partial charge >= 0.3 is 0 Å².